The van der Waals surface area contributed by atoms with Gasteiger partial charge in [-0.1, -0.05) is 0 Å². The third-order valence-electron chi connectivity index (χ3n) is 2.57. The summed E-state index contributed by atoms with van der Waals surface area (Å²) in [4.78, 5) is 32.9. The van der Waals surface area contributed by atoms with Crippen molar-refractivity contribution in [1.29, 1.82) is 0 Å². The fourth-order valence-electron chi connectivity index (χ4n) is 1.83. The molecule has 0 unspecified atom stereocenters. The lowest BCUT2D eigenvalue weighted by atomic mass is 10.0. The van der Waals surface area contributed by atoms with E-state index in [4.69, 9.17) is 18.9 Å². The Balaban J connectivity index is 2.83. The molecule has 0 aromatic rings. The van der Waals surface area contributed by atoms with E-state index in [-0.39, 0.29) is 13.2 Å². The molecule has 4 atom stereocenters. The molecule has 0 aromatic heterocycles. The summed E-state index contributed by atoms with van der Waals surface area (Å²) in [5.74, 6) is -1.94. The maximum absolute atomic E-state index is 13.8. The summed E-state index contributed by atoms with van der Waals surface area (Å²) in [6, 6.07) is 0. The molecule has 1 saturated heterocycles. The zero-order valence-electron chi connectivity index (χ0n) is 11.5. The van der Waals surface area contributed by atoms with E-state index in [1.807, 2.05) is 0 Å². The van der Waals surface area contributed by atoms with Gasteiger partial charge in [0.15, 0.2) is 18.4 Å². The van der Waals surface area contributed by atoms with Gasteiger partial charge in [0, 0.05) is 20.8 Å². The van der Waals surface area contributed by atoms with E-state index in [0.717, 1.165) is 13.8 Å². The molecule has 114 valence electrons. The summed E-state index contributed by atoms with van der Waals surface area (Å²) >= 11 is 0. The van der Waals surface area contributed by atoms with Gasteiger partial charge in [-0.15, -0.1) is 0 Å². The molecule has 7 nitrogen and oxygen atoms in total. The van der Waals surface area contributed by atoms with E-state index < -0.39 is 42.4 Å². The molecule has 0 saturated carbocycles. The second kappa shape index (κ2) is 7.18. The van der Waals surface area contributed by atoms with Crippen molar-refractivity contribution in [3.05, 3.63) is 0 Å². The maximum Gasteiger partial charge on any atom is 0.303 e. The van der Waals surface area contributed by atoms with Gasteiger partial charge in [0.2, 0.25) is 0 Å². The molecule has 0 amide bonds. The van der Waals surface area contributed by atoms with Gasteiger partial charge in [-0.05, 0) is 0 Å². The number of carbonyl (C=O) groups is 3. The molecule has 0 spiro atoms. The van der Waals surface area contributed by atoms with Crippen LogP contribution in [-0.4, -0.2) is 55.6 Å². The molecule has 0 aliphatic carbocycles. The first kappa shape index (κ1) is 16.4. The normalized spacial score (nSPS) is 29.4. The number of rotatable bonds is 4. The number of hydrogen-bond acceptors (Lipinski definition) is 7. The lowest BCUT2D eigenvalue weighted by Gasteiger charge is -2.37. The highest BCUT2D eigenvalue weighted by molar-refractivity contribution is 5.67. The molecule has 1 aliphatic rings. The Morgan fingerprint density at radius 2 is 1.60 bits per heavy atom. The van der Waals surface area contributed by atoms with E-state index in [0.29, 0.717) is 0 Å². The summed E-state index contributed by atoms with van der Waals surface area (Å²) in [5, 5.41) is 0. The van der Waals surface area contributed by atoms with E-state index in [1.165, 1.54) is 6.92 Å². The topological polar surface area (TPSA) is 88.1 Å². The van der Waals surface area contributed by atoms with Crippen LogP contribution >= 0.6 is 0 Å². The van der Waals surface area contributed by atoms with Crippen molar-refractivity contribution < 1.29 is 37.7 Å². The van der Waals surface area contributed by atoms with Crippen molar-refractivity contribution in [2.75, 3.05) is 13.2 Å². The molecular formula is C12H17FO7. The Hall–Kier alpha value is -1.70. The van der Waals surface area contributed by atoms with Crippen molar-refractivity contribution in [2.45, 2.75) is 45.3 Å². The molecule has 20 heavy (non-hydrogen) atoms. The second-order valence-corrected chi connectivity index (χ2v) is 4.34. The van der Waals surface area contributed by atoms with Crippen LogP contribution in [0.15, 0.2) is 0 Å². The summed E-state index contributed by atoms with van der Waals surface area (Å²) in [6.45, 7) is 2.88. The Morgan fingerprint density at radius 1 is 1.05 bits per heavy atom. The van der Waals surface area contributed by atoms with Gasteiger partial charge in [-0.25, -0.2) is 4.39 Å². The molecular weight excluding hydrogens is 275 g/mol. The van der Waals surface area contributed by atoms with Gasteiger partial charge in [-0.3, -0.25) is 14.4 Å². The van der Waals surface area contributed by atoms with Crippen molar-refractivity contribution in [3.8, 4) is 0 Å². The third kappa shape index (κ3) is 4.76. The Morgan fingerprint density at radius 3 is 2.10 bits per heavy atom. The monoisotopic (exact) mass is 292 g/mol. The number of esters is 3. The van der Waals surface area contributed by atoms with Gasteiger partial charge in [0.1, 0.15) is 12.7 Å². The smallest absolute Gasteiger partial charge is 0.303 e. The Labute approximate surface area is 115 Å². The number of carbonyl (C=O) groups excluding carboxylic acids is 3. The fraction of sp³-hybridized carbons (Fsp3) is 0.750. The predicted molar refractivity (Wildman–Crippen MR) is 62.4 cm³/mol. The first-order chi connectivity index (χ1) is 9.31. The summed E-state index contributed by atoms with van der Waals surface area (Å²) < 4.78 is 33.5. The molecule has 1 fully saturated rings. The van der Waals surface area contributed by atoms with Crippen LogP contribution in [0.25, 0.3) is 0 Å². The lowest BCUT2D eigenvalue weighted by molar-refractivity contribution is -0.215. The molecule has 0 N–H and O–H groups in total. The molecule has 1 rings (SSSR count). The van der Waals surface area contributed by atoms with E-state index in [1.54, 1.807) is 0 Å². The Kier molecular flexibility index (Phi) is 5.87. The minimum absolute atomic E-state index is 0.224. The summed E-state index contributed by atoms with van der Waals surface area (Å²) in [5.41, 5.74) is 0. The highest BCUT2D eigenvalue weighted by atomic mass is 19.1. The van der Waals surface area contributed by atoms with Crippen LogP contribution in [-0.2, 0) is 33.3 Å². The van der Waals surface area contributed by atoms with Crippen LogP contribution < -0.4 is 0 Å². The average Bonchev–Trinajstić information content (AvgIpc) is 2.31. The highest BCUT2D eigenvalue weighted by Crippen LogP contribution is 2.24. The molecule has 1 aliphatic heterocycles. The lowest BCUT2D eigenvalue weighted by Crippen LogP contribution is -2.56. The highest BCUT2D eigenvalue weighted by Gasteiger charge is 2.45. The van der Waals surface area contributed by atoms with Gasteiger partial charge >= 0.3 is 17.9 Å². The van der Waals surface area contributed by atoms with Crippen LogP contribution in [0.3, 0.4) is 0 Å². The maximum atomic E-state index is 13.8. The molecule has 8 heteroatoms. The first-order valence-electron chi connectivity index (χ1n) is 6.04. The van der Waals surface area contributed by atoms with Gasteiger partial charge in [-0.2, -0.15) is 0 Å². The molecule has 1 heterocycles. The zero-order chi connectivity index (χ0) is 15.3. The van der Waals surface area contributed by atoms with Crippen LogP contribution in [0.2, 0.25) is 0 Å². The van der Waals surface area contributed by atoms with E-state index >= 15 is 0 Å². The van der Waals surface area contributed by atoms with Crippen molar-refractivity contribution in [1.82, 2.24) is 0 Å². The minimum atomic E-state index is -1.63. The van der Waals surface area contributed by atoms with Crippen LogP contribution in [0.4, 0.5) is 4.39 Å². The predicted octanol–water partition coefficient (Wildman–Crippen LogP) is 0.150. The summed E-state index contributed by atoms with van der Waals surface area (Å²) in [6.07, 6.45) is -4.97. The van der Waals surface area contributed by atoms with E-state index in [2.05, 4.69) is 0 Å². The summed E-state index contributed by atoms with van der Waals surface area (Å²) in [7, 11) is 0. The van der Waals surface area contributed by atoms with Crippen molar-refractivity contribution in [2.24, 2.45) is 0 Å². The number of ether oxygens (including phenoxy) is 4. The standard InChI is InChI=1S/C12H17FO7/c1-6(14)17-5-10-12(20-8(3)16)11(19-7(2)15)9(13)4-18-10/h9-12H,4-5H2,1-3H3/t9-,10+,11+,12+/m0/s1. The Bertz CT molecular complexity index is 384. The molecule has 0 radical (unpaired) electrons. The SMILES string of the molecule is CC(=O)OC[C@H]1OC[C@H](F)[C@@H](OC(C)=O)[C@@H]1OC(C)=O. The van der Waals surface area contributed by atoms with Crippen molar-refractivity contribution >= 4 is 17.9 Å². The fourth-order valence-corrected chi connectivity index (χ4v) is 1.83. The van der Waals surface area contributed by atoms with Crippen LogP contribution in [0.5, 0.6) is 0 Å². The van der Waals surface area contributed by atoms with Crippen molar-refractivity contribution in [3.63, 3.8) is 0 Å². The third-order valence-corrected chi connectivity index (χ3v) is 2.57. The van der Waals surface area contributed by atoms with Gasteiger partial charge in [0.25, 0.3) is 0 Å². The zero-order valence-corrected chi connectivity index (χ0v) is 11.5. The molecule has 0 aromatic carbocycles. The average molecular weight is 292 g/mol. The number of hydrogen-bond donors (Lipinski definition) is 0. The quantitative estimate of drug-likeness (QED) is 0.538. The second-order valence-electron chi connectivity index (χ2n) is 4.34. The van der Waals surface area contributed by atoms with Gasteiger partial charge in [0.05, 0.1) is 6.61 Å². The van der Waals surface area contributed by atoms with Gasteiger partial charge < -0.3 is 18.9 Å². The largest absolute Gasteiger partial charge is 0.463 e. The van der Waals surface area contributed by atoms with Crippen LogP contribution in [0, 0.1) is 0 Å². The number of alkyl halides is 1. The number of halogens is 1. The minimum Gasteiger partial charge on any atom is -0.463 e. The molecule has 0 bridgehead atoms. The first-order valence-corrected chi connectivity index (χ1v) is 6.04. The van der Waals surface area contributed by atoms with E-state index in [9.17, 15) is 18.8 Å². The van der Waals surface area contributed by atoms with Crippen LogP contribution in [0.1, 0.15) is 20.8 Å².